The predicted molar refractivity (Wildman–Crippen MR) is 104 cm³/mol. The summed E-state index contributed by atoms with van der Waals surface area (Å²) in [5, 5.41) is 5.23. The first-order valence-electron chi connectivity index (χ1n) is 8.38. The van der Waals surface area contributed by atoms with E-state index in [9.17, 15) is 9.59 Å². The molecule has 0 heterocycles. The third-order valence-electron chi connectivity index (χ3n) is 2.62. The molecule has 0 aliphatic heterocycles. The fourth-order valence-electron chi connectivity index (χ4n) is 1.76. The SMILES string of the molecule is CC(C)(C)OC(=O)N[c-]1[cH-][cH-][cH-][cH-]1.CC(C)(C)OC(=O)N[c-]1cccc1.[Fe]. The maximum absolute atomic E-state index is 11.2. The molecule has 0 unspecified atom stereocenters. The molecule has 0 bridgehead atoms. The first kappa shape index (κ1) is 24.8. The van der Waals surface area contributed by atoms with E-state index in [0.717, 1.165) is 11.4 Å². The van der Waals surface area contributed by atoms with Gasteiger partial charge in [0.25, 0.3) is 0 Å². The number of amides is 2. The van der Waals surface area contributed by atoms with E-state index in [1.54, 1.807) is 0 Å². The van der Waals surface area contributed by atoms with Crippen molar-refractivity contribution in [2.24, 2.45) is 0 Å². The van der Waals surface area contributed by atoms with Crippen molar-refractivity contribution in [3.05, 3.63) is 48.5 Å². The topological polar surface area (TPSA) is 76.7 Å². The van der Waals surface area contributed by atoms with Gasteiger partial charge >= 0.3 is 6.09 Å². The number of ether oxygens (including phenoxy) is 2. The Morgan fingerprint density at radius 3 is 1.63 bits per heavy atom. The summed E-state index contributed by atoms with van der Waals surface area (Å²) < 4.78 is 10.1. The van der Waals surface area contributed by atoms with Crippen LogP contribution in [0.2, 0.25) is 0 Å². The van der Waals surface area contributed by atoms with E-state index in [4.69, 9.17) is 9.47 Å². The van der Waals surface area contributed by atoms with Gasteiger partial charge in [0.05, 0.1) is 11.2 Å². The molecule has 2 amide bonds. The van der Waals surface area contributed by atoms with E-state index in [-0.39, 0.29) is 17.1 Å². The molecule has 156 valence electrons. The zero-order chi connectivity index (χ0) is 19.8. The fraction of sp³-hybridized carbons (Fsp3) is 0.400. The number of hydrogen-bond acceptors (Lipinski definition) is 4. The van der Waals surface area contributed by atoms with Crippen molar-refractivity contribution in [3.63, 3.8) is 0 Å². The van der Waals surface area contributed by atoms with Crippen molar-refractivity contribution in [1.82, 2.24) is 0 Å². The van der Waals surface area contributed by atoms with Crippen molar-refractivity contribution in [3.8, 4) is 0 Å². The minimum absolute atomic E-state index is 0. The van der Waals surface area contributed by atoms with Crippen molar-refractivity contribution in [2.75, 3.05) is 10.6 Å². The van der Waals surface area contributed by atoms with Crippen LogP contribution >= 0.6 is 0 Å². The zero-order valence-electron chi connectivity index (χ0n) is 16.6. The Hall–Kier alpha value is -2.24. The van der Waals surface area contributed by atoms with E-state index in [1.165, 1.54) is 0 Å². The number of rotatable bonds is 2. The van der Waals surface area contributed by atoms with Crippen LogP contribution in [0.15, 0.2) is 48.5 Å². The van der Waals surface area contributed by atoms with Gasteiger partial charge in [-0.05, 0) is 47.2 Å². The molecule has 0 radical (unpaired) electrons. The van der Waals surface area contributed by atoms with Gasteiger partial charge in [-0.1, -0.05) is 0 Å². The predicted octanol–water partition coefficient (Wildman–Crippen LogP) is 5.50. The van der Waals surface area contributed by atoms with Gasteiger partial charge in [0.15, 0.2) is 6.09 Å². The Kier molecular flexibility index (Phi) is 9.90. The second-order valence-electron chi connectivity index (χ2n) is 7.60. The molecule has 0 aliphatic rings. The average Bonchev–Trinajstić information content (AvgIpc) is 3.08. The Morgan fingerprint density at radius 1 is 0.815 bits per heavy atom. The molecule has 0 saturated heterocycles. The molecule has 2 aromatic rings. The minimum Gasteiger partial charge on any atom is -0.699 e. The smallest absolute Gasteiger partial charge is 0.333 e. The molecule has 0 aromatic heterocycles. The number of nitrogens with one attached hydrogen (secondary N) is 2. The third-order valence-corrected chi connectivity index (χ3v) is 2.62. The van der Waals surface area contributed by atoms with Gasteiger partial charge in [-0.25, -0.2) is 0 Å². The molecule has 7 heteroatoms. The summed E-state index contributed by atoms with van der Waals surface area (Å²) in [6, 6.07) is 14.7. The molecule has 6 nitrogen and oxygen atoms in total. The van der Waals surface area contributed by atoms with E-state index >= 15 is 0 Å². The Morgan fingerprint density at radius 2 is 1.22 bits per heavy atom. The second-order valence-corrected chi connectivity index (χ2v) is 7.60. The van der Waals surface area contributed by atoms with Crippen LogP contribution in [0.4, 0.5) is 21.0 Å². The molecule has 0 atom stereocenters. The van der Waals surface area contributed by atoms with E-state index < -0.39 is 23.4 Å². The van der Waals surface area contributed by atoms with Gasteiger partial charge < -0.3 is 54.9 Å². The maximum atomic E-state index is 11.2. The number of carbonyl (C=O) groups is 2. The largest absolute Gasteiger partial charge is 0.699 e. The standard InChI is InChI=1S/2C10H14NO2.Fe/c2*1-10(2,3)13-9(12)11-8-6-4-5-7-8;/h2*4-7H,1-3H3,(H,11,12);/q-5;-1;. The van der Waals surface area contributed by atoms with E-state index in [1.807, 2.05) is 90.1 Å². The van der Waals surface area contributed by atoms with Crippen molar-refractivity contribution < 1.29 is 36.1 Å². The summed E-state index contributed by atoms with van der Waals surface area (Å²) in [4.78, 5) is 22.4. The molecular weight excluding hydrogens is 388 g/mol. The van der Waals surface area contributed by atoms with Crippen LogP contribution in [-0.2, 0) is 26.5 Å². The Balaban J connectivity index is 0.000000483. The normalized spacial score (nSPS) is 10.6. The van der Waals surface area contributed by atoms with Gasteiger partial charge in [0.2, 0.25) is 0 Å². The van der Waals surface area contributed by atoms with Crippen LogP contribution < -0.4 is 10.6 Å². The molecule has 0 saturated carbocycles. The summed E-state index contributed by atoms with van der Waals surface area (Å²) in [7, 11) is 0. The first-order valence-corrected chi connectivity index (χ1v) is 8.38. The van der Waals surface area contributed by atoms with Gasteiger partial charge in [0.1, 0.15) is 0 Å². The summed E-state index contributed by atoms with van der Waals surface area (Å²) >= 11 is 0. The maximum Gasteiger partial charge on any atom is 0.333 e. The molecular formula is C20H28FeN2O4-6. The van der Waals surface area contributed by atoms with Crippen LogP contribution in [0.1, 0.15) is 41.5 Å². The van der Waals surface area contributed by atoms with Gasteiger partial charge in [-0.3, -0.25) is 4.79 Å². The molecule has 2 N–H and O–H groups in total. The van der Waals surface area contributed by atoms with E-state index in [0.29, 0.717) is 0 Å². The molecule has 2 rings (SSSR count). The van der Waals surface area contributed by atoms with Crippen LogP contribution in [0.25, 0.3) is 0 Å². The average molecular weight is 416 g/mol. The van der Waals surface area contributed by atoms with Gasteiger partial charge in [0, 0.05) is 17.1 Å². The van der Waals surface area contributed by atoms with Crippen LogP contribution in [0, 0.1) is 0 Å². The van der Waals surface area contributed by atoms with E-state index in [2.05, 4.69) is 10.6 Å². The quantitative estimate of drug-likeness (QED) is 0.501. The zero-order valence-corrected chi connectivity index (χ0v) is 17.7. The van der Waals surface area contributed by atoms with Gasteiger partial charge in [-0.2, -0.15) is 12.1 Å². The fourth-order valence-corrected chi connectivity index (χ4v) is 1.76. The van der Waals surface area contributed by atoms with Crippen LogP contribution in [-0.4, -0.2) is 23.4 Å². The van der Waals surface area contributed by atoms with Crippen LogP contribution in [0.5, 0.6) is 0 Å². The monoisotopic (exact) mass is 416 g/mol. The Labute approximate surface area is 171 Å². The van der Waals surface area contributed by atoms with Crippen molar-refractivity contribution in [1.29, 1.82) is 0 Å². The summed E-state index contributed by atoms with van der Waals surface area (Å²) in [5.74, 6) is 0. The van der Waals surface area contributed by atoms with Crippen molar-refractivity contribution in [2.45, 2.75) is 52.7 Å². The summed E-state index contributed by atoms with van der Waals surface area (Å²) in [6.07, 6.45) is -0.836. The third kappa shape index (κ3) is 12.7. The molecule has 0 fully saturated rings. The summed E-state index contributed by atoms with van der Waals surface area (Å²) in [6.45, 7) is 11.0. The first-order chi connectivity index (χ1) is 11.9. The number of carbonyl (C=O) groups excluding carboxylic acids is 2. The molecule has 2 aromatic carbocycles. The van der Waals surface area contributed by atoms with Gasteiger partial charge in [-0.15, -0.1) is 12.1 Å². The molecule has 27 heavy (non-hydrogen) atoms. The second kappa shape index (κ2) is 10.8. The number of anilines is 2. The molecule has 0 spiro atoms. The number of hydrogen-bond donors (Lipinski definition) is 2. The van der Waals surface area contributed by atoms with Crippen molar-refractivity contribution >= 4 is 23.6 Å². The minimum atomic E-state index is -0.448. The molecule has 0 aliphatic carbocycles. The van der Waals surface area contributed by atoms with Crippen LogP contribution in [0.3, 0.4) is 0 Å². The summed E-state index contributed by atoms with van der Waals surface area (Å²) in [5.41, 5.74) is 0.622. The Bertz CT molecular complexity index is 606.